The van der Waals surface area contributed by atoms with Gasteiger partial charge in [0.2, 0.25) is 5.89 Å². The minimum atomic E-state index is 0.332. The van der Waals surface area contributed by atoms with E-state index in [1.165, 1.54) is 22.2 Å². The predicted molar refractivity (Wildman–Crippen MR) is 228 cm³/mol. The fraction of sp³-hybridized carbons (Fsp3) is 0.0784. The van der Waals surface area contributed by atoms with Crippen molar-refractivity contribution in [2.45, 2.75) is 12.1 Å². The monoisotopic (exact) mass is 707 g/mol. The number of anilines is 4. The van der Waals surface area contributed by atoms with Crippen molar-refractivity contribution in [3.63, 3.8) is 0 Å². The van der Waals surface area contributed by atoms with Gasteiger partial charge in [-0.2, -0.15) is 0 Å². The van der Waals surface area contributed by atoms with Gasteiger partial charge in [0.15, 0.2) is 5.58 Å². The molecule has 4 unspecified atom stereocenters. The molecule has 1 fully saturated rings. The van der Waals surface area contributed by atoms with Gasteiger partial charge in [-0.15, -0.1) is 0 Å². The Morgan fingerprint density at radius 3 is 1.73 bits per heavy atom. The van der Waals surface area contributed by atoms with Crippen molar-refractivity contribution < 1.29 is 4.42 Å². The molecule has 0 amide bonds. The lowest BCUT2D eigenvalue weighted by Crippen LogP contribution is -2.36. The molecule has 0 saturated carbocycles. The Bertz CT molecular complexity index is 2800. The van der Waals surface area contributed by atoms with Gasteiger partial charge in [-0.25, -0.2) is 4.98 Å². The highest BCUT2D eigenvalue weighted by Gasteiger charge is 2.45. The van der Waals surface area contributed by atoms with Crippen molar-refractivity contribution in [2.75, 3.05) is 9.80 Å². The number of benzene rings is 7. The van der Waals surface area contributed by atoms with E-state index in [9.17, 15) is 0 Å². The standard InChI is InChI=1S/C51H37N3O/c1-3-11-34(12-4-1)35-19-22-38(23-20-35)53(39-24-26-40(27-25-39)54-48-17-9-7-15-44(48)45-16-8-10-18-49(45)54)41-28-30-42-37(33-41)21-29-46-43(42)31-32-47-50(46)55-51(52-47)36-13-5-2-6-14-36/h1-33,44-45,48-49H. The molecule has 4 nitrogen and oxygen atoms in total. The first-order valence-electron chi connectivity index (χ1n) is 19.1. The highest BCUT2D eigenvalue weighted by Crippen LogP contribution is 2.46. The van der Waals surface area contributed by atoms with Crippen molar-refractivity contribution in [2.24, 2.45) is 11.8 Å². The van der Waals surface area contributed by atoms with Crippen LogP contribution >= 0.6 is 0 Å². The SMILES string of the molecule is C1=CC2C3C=CC=CC3N(c3ccc(N(c4ccc(-c5ccccc5)cc4)c4ccc5c(ccc6c5ccc5nc(-c7ccccc7)oc56)c4)cc3)C2C=C1. The van der Waals surface area contributed by atoms with Crippen LogP contribution in [0.1, 0.15) is 0 Å². The fourth-order valence-corrected chi connectivity index (χ4v) is 9.05. The molecule has 11 rings (SSSR count). The van der Waals surface area contributed by atoms with Crippen molar-refractivity contribution in [3.8, 4) is 22.6 Å². The fourth-order valence-electron chi connectivity index (χ4n) is 9.05. The number of hydrogen-bond donors (Lipinski definition) is 0. The molecule has 0 spiro atoms. The quantitative estimate of drug-likeness (QED) is 0.161. The molecule has 2 aliphatic carbocycles. The van der Waals surface area contributed by atoms with E-state index in [1.807, 2.05) is 30.3 Å². The Balaban J connectivity index is 0.998. The average Bonchev–Trinajstić information content (AvgIpc) is 3.85. The Kier molecular flexibility index (Phi) is 7.41. The Morgan fingerprint density at radius 2 is 1.04 bits per heavy atom. The van der Waals surface area contributed by atoms with Crippen molar-refractivity contribution in [1.82, 2.24) is 4.98 Å². The van der Waals surface area contributed by atoms with Gasteiger partial charge in [0, 0.05) is 45.5 Å². The summed E-state index contributed by atoms with van der Waals surface area (Å²) in [5.41, 5.74) is 9.61. The van der Waals surface area contributed by atoms with Crippen molar-refractivity contribution >= 4 is 55.4 Å². The third kappa shape index (κ3) is 5.32. The first kappa shape index (κ1) is 31.6. The minimum Gasteiger partial charge on any atom is -0.435 e. The lowest BCUT2D eigenvalue weighted by atomic mass is 9.83. The molecule has 4 atom stereocenters. The Morgan fingerprint density at radius 1 is 0.473 bits per heavy atom. The van der Waals surface area contributed by atoms with E-state index >= 15 is 0 Å². The first-order valence-corrected chi connectivity index (χ1v) is 19.1. The zero-order valence-corrected chi connectivity index (χ0v) is 30.1. The van der Waals surface area contributed by atoms with Gasteiger partial charge in [0.25, 0.3) is 0 Å². The number of hydrogen-bond acceptors (Lipinski definition) is 4. The Labute approximate surface area is 320 Å². The van der Waals surface area contributed by atoms with E-state index in [2.05, 4.69) is 180 Å². The van der Waals surface area contributed by atoms with Gasteiger partial charge < -0.3 is 14.2 Å². The van der Waals surface area contributed by atoms with Crippen LogP contribution in [0.2, 0.25) is 0 Å². The molecular formula is C51H37N3O. The maximum atomic E-state index is 6.40. The van der Waals surface area contributed by atoms with Gasteiger partial charge >= 0.3 is 0 Å². The summed E-state index contributed by atoms with van der Waals surface area (Å²) in [4.78, 5) is 9.80. The summed E-state index contributed by atoms with van der Waals surface area (Å²) in [5.74, 6) is 1.58. The second-order valence-corrected chi connectivity index (χ2v) is 14.7. The number of aromatic nitrogens is 1. The summed E-state index contributed by atoms with van der Waals surface area (Å²) in [6.07, 6.45) is 18.3. The first-order chi connectivity index (χ1) is 27.3. The zero-order chi connectivity index (χ0) is 36.3. The predicted octanol–water partition coefficient (Wildman–Crippen LogP) is 13.0. The van der Waals surface area contributed by atoms with Gasteiger partial charge in [-0.3, -0.25) is 0 Å². The van der Waals surface area contributed by atoms with E-state index < -0.39 is 0 Å². The van der Waals surface area contributed by atoms with Crippen molar-refractivity contribution in [1.29, 1.82) is 0 Å². The summed E-state index contributed by atoms with van der Waals surface area (Å²) in [5, 5.41) is 4.56. The summed E-state index contributed by atoms with van der Waals surface area (Å²) in [7, 11) is 0. The van der Waals surface area contributed by atoms with E-state index in [0.717, 1.165) is 49.9 Å². The molecule has 262 valence electrons. The molecule has 1 aliphatic heterocycles. The van der Waals surface area contributed by atoms with Crippen LogP contribution in [0.3, 0.4) is 0 Å². The molecular weight excluding hydrogens is 671 g/mol. The number of oxazole rings is 1. The maximum absolute atomic E-state index is 6.40. The van der Waals surface area contributed by atoms with E-state index in [0.29, 0.717) is 29.8 Å². The topological polar surface area (TPSA) is 32.5 Å². The molecule has 7 aromatic carbocycles. The molecule has 4 heteroatoms. The van der Waals surface area contributed by atoms with Gasteiger partial charge in [0.1, 0.15) is 5.52 Å². The highest BCUT2D eigenvalue weighted by molar-refractivity contribution is 6.15. The summed E-state index contributed by atoms with van der Waals surface area (Å²) in [6, 6.07) is 54.9. The summed E-state index contributed by atoms with van der Waals surface area (Å²) in [6.45, 7) is 0. The van der Waals surface area contributed by atoms with Crippen LogP contribution in [0.5, 0.6) is 0 Å². The third-order valence-electron chi connectivity index (χ3n) is 11.6. The van der Waals surface area contributed by atoms with Crippen LogP contribution in [0.15, 0.2) is 205 Å². The number of rotatable bonds is 6. The third-order valence-corrected chi connectivity index (χ3v) is 11.6. The summed E-state index contributed by atoms with van der Waals surface area (Å²) < 4.78 is 6.40. The normalized spacial score (nSPS) is 19.7. The molecule has 1 saturated heterocycles. The smallest absolute Gasteiger partial charge is 0.227 e. The van der Waals surface area contributed by atoms with E-state index in [1.54, 1.807) is 0 Å². The second kappa shape index (κ2) is 12.9. The van der Waals surface area contributed by atoms with Crippen LogP contribution in [-0.4, -0.2) is 17.1 Å². The minimum absolute atomic E-state index is 0.332. The van der Waals surface area contributed by atoms with Gasteiger partial charge in [-0.1, -0.05) is 127 Å². The van der Waals surface area contributed by atoms with Crippen LogP contribution in [-0.2, 0) is 0 Å². The van der Waals surface area contributed by atoms with Crippen LogP contribution in [0, 0.1) is 11.8 Å². The van der Waals surface area contributed by atoms with Crippen LogP contribution in [0.25, 0.3) is 55.2 Å². The van der Waals surface area contributed by atoms with E-state index in [4.69, 9.17) is 9.40 Å². The molecule has 8 aromatic rings. The maximum Gasteiger partial charge on any atom is 0.227 e. The van der Waals surface area contributed by atoms with Crippen LogP contribution < -0.4 is 9.80 Å². The van der Waals surface area contributed by atoms with Gasteiger partial charge in [0.05, 0.1) is 12.1 Å². The molecule has 0 bridgehead atoms. The molecule has 2 heterocycles. The summed E-state index contributed by atoms with van der Waals surface area (Å²) >= 11 is 0. The molecule has 0 N–H and O–H groups in total. The lowest BCUT2D eigenvalue weighted by Gasteiger charge is -2.32. The number of fused-ring (bicyclic) bond motifs is 8. The zero-order valence-electron chi connectivity index (χ0n) is 30.1. The van der Waals surface area contributed by atoms with Crippen molar-refractivity contribution in [3.05, 3.63) is 200 Å². The molecule has 55 heavy (non-hydrogen) atoms. The molecule has 3 aliphatic rings. The molecule has 1 aromatic heterocycles. The lowest BCUT2D eigenvalue weighted by molar-refractivity contribution is 0.527. The highest BCUT2D eigenvalue weighted by atomic mass is 16.3. The van der Waals surface area contributed by atoms with E-state index in [-0.39, 0.29) is 0 Å². The molecule has 0 radical (unpaired) electrons. The number of nitrogens with zero attached hydrogens (tertiary/aromatic N) is 3. The average molecular weight is 708 g/mol. The van der Waals surface area contributed by atoms with Gasteiger partial charge in [-0.05, 0) is 100 Å². The Hall–Kier alpha value is -6.91. The van der Waals surface area contributed by atoms with Crippen LogP contribution in [0.4, 0.5) is 22.7 Å². The second-order valence-electron chi connectivity index (χ2n) is 14.7. The number of allylic oxidation sites excluding steroid dienone is 4. The largest absolute Gasteiger partial charge is 0.435 e.